The van der Waals surface area contributed by atoms with E-state index in [0.29, 0.717) is 30.4 Å². The average Bonchev–Trinajstić information content (AvgIpc) is 3.34. The minimum absolute atomic E-state index is 0.139. The fraction of sp³-hybridized carbons (Fsp3) is 0.545. The van der Waals surface area contributed by atoms with Gasteiger partial charge in [-0.3, -0.25) is 9.21 Å². The first kappa shape index (κ1) is 36.8. The van der Waals surface area contributed by atoms with E-state index in [0.717, 1.165) is 12.1 Å². The van der Waals surface area contributed by atoms with Crippen LogP contribution < -0.4 is 23.4 Å². The van der Waals surface area contributed by atoms with Crippen LogP contribution in [0.25, 0.3) is 0 Å². The molecule has 1 aliphatic heterocycles. The summed E-state index contributed by atoms with van der Waals surface area (Å²) in [6, 6.07) is 2.24. The highest BCUT2D eigenvalue weighted by atomic mass is 32.2. The fourth-order valence-electron chi connectivity index (χ4n) is 4.06. The maximum atomic E-state index is 13.9. The van der Waals surface area contributed by atoms with Crippen LogP contribution in [0, 0.1) is 0 Å². The standard InChI is InChI=1S/C22H25F8N5O9S2/c1-20(2,22(28,29)30)35(19(37)38)12-3-4-15-14(7-12)34(9-13(44-15)8-31-45(39,40)11-21(25,26)27)46(41,42)16-10-33(18(23)24)32-17(16)43-6-5-36/h3-4,7,10,13,18,31,36H,5-6,8-9,11H2,1-2H3,(H,37,38)/t13-/m0/s1. The Bertz CT molecular complexity index is 1650. The molecule has 1 atom stereocenters. The number of nitrogens with one attached hydrogen (secondary N) is 1. The van der Waals surface area contributed by atoms with Gasteiger partial charge in [-0.2, -0.15) is 35.1 Å². The van der Waals surface area contributed by atoms with Crippen molar-refractivity contribution in [3.63, 3.8) is 0 Å². The van der Waals surface area contributed by atoms with Gasteiger partial charge in [-0.05, 0) is 32.0 Å². The van der Waals surface area contributed by atoms with Crippen LogP contribution in [-0.2, 0) is 20.0 Å². The number of hydrogen-bond acceptors (Lipinski definition) is 9. The number of fused-ring (bicyclic) bond motifs is 1. The van der Waals surface area contributed by atoms with Crippen LogP contribution in [0.15, 0.2) is 29.3 Å². The van der Waals surface area contributed by atoms with E-state index in [1.165, 1.54) is 0 Å². The largest absolute Gasteiger partial charge is 0.485 e. The van der Waals surface area contributed by atoms with Gasteiger partial charge in [-0.1, -0.05) is 0 Å². The number of aromatic nitrogens is 2. The van der Waals surface area contributed by atoms with Crippen molar-refractivity contribution in [3.05, 3.63) is 24.4 Å². The highest BCUT2D eigenvalue weighted by Gasteiger charge is 2.54. The maximum absolute atomic E-state index is 13.9. The molecule has 2 heterocycles. The van der Waals surface area contributed by atoms with Crippen molar-refractivity contribution in [2.45, 2.75) is 49.3 Å². The molecule has 0 spiro atoms. The summed E-state index contributed by atoms with van der Waals surface area (Å²) in [6.45, 7) is -5.76. The average molecular weight is 720 g/mol. The van der Waals surface area contributed by atoms with E-state index in [1.807, 2.05) is 0 Å². The maximum Gasteiger partial charge on any atom is 0.412 e. The highest BCUT2D eigenvalue weighted by Crippen LogP contribution is 2.44. The number of nitrogens with zero attached hydrogens (tertiary/aromatic N) is 4. The van der Waals surface area contributed by atoms with Gasteiger partial charge in [0, 0.05) is 6.54 Å². The molecule has 0 aliphatic carbocycles. The molecular weight excluding hydrogens is 694 g/mol. The van der Waals surface area contributed by atoms with Crippen molar-refractivity contribution in [1.82, 2.24) is 14.5 Å². The topological polar surface area (TPSA) is 181 Å². The molecule has 0 saturated carbocycles. The first-order valence-electron chi connectivity index (χ1n) is 12.5. The number of anilines is 2. The summed E-state index contributed by atoms with van der Waals surface area (Å²) in [5.41, 5.74) is -4.52. The van der Waals surface area contributed by atoms with Gasteiger partial charge in [0.25, 0.3) is 15.9 Å². The predicted octanol–water partition coefficient (Wildman–Crippen LogP) is 2.91. The number of hydrogen-bond donors (Lipinski definition) is 3. The minimum Gasteiger partial charge on any atom is -0.485 e. The number of sulfonamides is 2. The molecule has 46 heavy (non-hydrogen) atoms. The Labute approximate surface area is 255 Å². The van der Waals surface area contributed by atoms with Crippen LogP contribution in [0.3, 0.4) is 0 Å². The van der Waals surface area contributed by atoms with Gasteiger partial charge in [0.05, 0.1) is 30.7 Å². The first-order valence-corrected chi connectivity index (χ1v) is 15.6. The third-order valence-corrected chi connectivity index (χ3v) is 9.30. The second-order valence-corrected chi connectivity index (χ2v) is 13.6. The molecule has 0 radical (unpaired) electrons. The molecule has 3 rings (SSSR count). The number of halogens is 8. The lowest BCUT2D eigenvalue weighted by Gasteiger charge is -2.39. The van der Waals surface area contributed by atoms with Crippen LogP contribution in [-0.4, -0.2) is 99.0 Å². The summed E-state index contributed by atoms with van der Waals surface area (Å²) in [7, 11) is -10.3. The molecule has 14 nitrogen and oxygen atoms in total. The number of aliphatic hydroxyl groups is 1. The lowest BCUT2D eigenvalue weighted by molar-refractivity contribution is -0.175. The van der Waals surface area contributed by atoms with Gasteiger partial charge in [-0.15, -0.1) is 5.10 Å². The summed E-state index contributed by atoms with van der Waals surface area (Å²) in [5, 5.41) is 22.0. The Morgan fingerprint density at radius 2 is 1.80 bits per heavy atom. The molecule has 1 amide bonds. The normalized spacial score (nSPS) is 16.3. The Kier molecular flexibility index (Phi) is 10.3. The molecule has 1 aliphatic rings. The SMILES string of the molecule is CC(C)(N(C(=O)O)c1ccc2c(c1)N(S(=O)(=O)c1cn(C(F)F)nc1OCCO)C[C@H](CNS(=O)(=O)CC(F)(F)F)O2)C(F)(F)F. The fourth-order valence-corrected chi connectivity index (χ4v) is 6.59. The summed E-state index contributed by atoms with van der Waals surface area (Å²) in [6.07, 6.45) is -13.8. The van der Waals surface area contributed by atoms with Crippen molar-refractivity contribution in [1.29, 1.82) is 0 Å². The number of carbonyl (C=O) groups is 1. The van der Waals surface area contributed by atoms with Crippen LogP contribution in [0.1, 0.15) is 20.4 Å². The molecule has 3 N–H and O–H groups in total. The number of benzene rings is 1. The molecule has 2 aromatic rings. The zero-order chi connectivity index (χ0) is 35.0. The van der Waals surface area contributed by atoms with Gasteiger partial charge in [0.1, 0.15) is 24.0 Å². The monoisotopic (exact) mass is 719 g/mol. The van der Waals surface area contributed by atoms with Crippen LogP contribution in [0.4, 0.5) is 51.3 Å². The van der Waals surface area contributed by atoms with E-state index in [1.54, 1.807) is 4.72 Å². The molecule has 24 heteroatoms. The Hall–Kier alpha value is -3.64. The summed E-state index contributed by atoms with van der Waals surface area (Å²) in [4.78, 5) is 10.8. The van der Waals surface area contributed by atoms with Crippen molar-refractivity contribution in [3.8, 4) is 11.6 Å². The molecule has 260 valence electrons. The second-order valence-electron chi connectivity index (χ2n) is 9.95. The second kappa shape index (κ2) is 12.9. The van der Waals surface area contributed by atoms with Crippen molar-refractivity contribution in [2.75, 3.05) is 41.3 Å². The molecule has 0 unspecified atom stereocenters. The molecule has 0 fully saturated rings. The molecule has 0 saturated heterocycles. The van der Waals surface area contributed by atoms with E-state index in [-0.39, 0.29) is 9.58 Å². The third-order valence-electron chi connectivity index (χ3n) is 6.23. The molecule has 1 aromatic carbocycles. The van der Waals surface area contributed by atoms with E-state index in [4.69, 9.17) is 14.6 Å². The Balaban J connectivity index is 2.19. The number of aliphatic hydroxyl groups excluding tert-OH is 1. The Morgan fingerprint density at radius 3 is 2.33 bits per heavy atom. The van der Waals surface area contributed by atoms with E-state index < -0.39 is 117 Å². The highest BCUT2D eigenvalue weighted by molar-refractivity contribution is 7.93. The summed E-state index contributed by atoms with van der Waals surface area (Å²) >= 11 is 0. The van der Waals surface area contributed by atoms with Gasteiger partial charge >= 0.3 is 25.0 Å². The zero-order valence-corrected chi connectivity index (χ0v) is 25.0. The van der Waals surface area contributed by atoms with Crippen molar-refractivity contribution in [2.24, 2.45) is 0 Å². The summed E-state index contributed by atoms with van der Waals surface area (Å²) in [5.74, 6) is -3.81. The first-order chi connectivity index (χ1) is 20.9. The number of carboxylic acid groups (broad SMARTS) is 1. The lowest BCUT2D eigenvalue weighted by Crippen LogP contribution is -2.57. The van der Waals surface area contributed by atoms with Gasteiger partial charge in [-0.25, -0.2) is 31.0 Å². The lowest BCUT2D eigenvalue weighted by atomic mass is 10.0. The third kappa shape index (κ3) is 8.01. The zero-order valence-electron chi connectivity index (χ0n) is 23.4. The molecule has 0 bridgehead atoms. The predicted molar refractivity (Wildman–Crippen MR) is 140 cm³/mol. The van der Waals surface area contributed by atoms with Gasteiger partial charge < -0.3 is 19.7 Å². The minimum atomic E-state index is -5.21. The van der Waals surface area contributed by atoms with E-state index in [9.17, 15) is 61.9 Å². The van der Waals surface area contributed by atoms with Gasteiger partial charge in [0.15, 0.2) is 10.6 Å². The number of alkyl halides is 8. The van der Waals surface area contributed by atoms with Crippen molar-refractivity contribution < 1.29 is 76.4 Å². The molecule has 1 aromatic heterocycles. The number of amides is 1. The molecular formula is C22H25F8N5O9S2. The van der Waals surface area contributed by atoms with E-state index >= 15 is 0 Å². The smallest absolute Gasteiger partial charge is 0.412 e. The quantitative estimate of drug-likeness (QED) is 0.276. The van der Waals surface area contributed by atoms with Crippen molar-refractivity contribution >= 4 is 37.5 Å². The number of rotatable bonds is 12. The van der Waals surface area contributed by atoms with Crippen LogP contribution >= 0.6 is 0 Å². The van der Waals surface area contributed by atoms with E-state index in [2.05, 4.69) is 5.10 Å². The van der Waals surface area contributed by atoms with Crippen LogP contribution in [0.5, 0.6) is 11.6 Å². The Morgan fingerprint density at radius 1 is 1.17 bits per heavy atom. The van der Waals surface area contributed by atoms with Gasteiger partial charge in [0.2, 0.25) is 10.0 Å². The summed E-state index contributed by atoms with van der Waals surface area (Å²) < 4.78 is 170. The van der Waals surface area contributed by atoms with Crippen LogP contribution in [0.2, 0.25) is 0 Å². The number of ether oxygens (including phenoxy) is 2.